The molecule has 124 valence electrons. The molecule has 1 aliphatic heterocycles. The van der Waals surface area contributed by atoms with Gasteiger partial charge in [-0.15, -0.1) is 0 Å². The van der Waals surface area contributed by atoms with Crippen molar-refractivity contribution in [3.63, 3.8) is 0 Å². The average Bonchev–Trinajstić information content (AvgIpc) is 3.03. The summed E-state index contributed by atoms with van der Waals surface area (Å²) >= 11 is 3.31. The van der Waals surface area contributed by atoms with Gasteiger partial charge in [0.15, 0.2) is 0 Å². The van der Waals surface area contributed by atoms with Gasteiger partial charge in [0.25, 0.3) is 11.8 Å². The number of rotatable bonds is 5. The Morgan fingerprint density at radius 3 is 2.52 bits per heavy atom. The van der Waals surface area contributed by atoms with Crippen molar-refractivity contribution in [1.82, 2.24) is 10.2 Å². The molecule has 1 N–H and O–H groups in total. The van der Waals surface area contributed by atoms with Gasteiger partial charge in [-0.1, -0.05) is 28.1 Å². The molecule has 3 amide bonds. The SMILES string of the molecule is CC1(c2ccc(Br)cc2)NC(=O)N(CCOC2CC2(F)F)C1=O. The third kappa shape index (κ3) is 2.97. The molecule has 23 heavy (non-hydrogen) atoms. The predicted octanol–water partition coefficient (Wildman–Crippen LogP) is 2.64. The summed E-state index contributed by atoms with van der Waals surface area (Å²) < 4.78 is 31.3. The van der Waals surface area contributed by atoms with Crippen LogP contribution in [0.4, 0.5) is 13.6 Å². The minimum Gasteiger partial charge on any atom is -0.370 e. The molecule has 1 aromatic carbocycles. The van der Waals surface area contributed by atoms with E-state index in [4.69, 9.17) is 4.74 Å². The molecule has 2 unspecified atom stereocenters. The van der Waals surface area contributed by atoms with Gasteiger partial charge in [-0.2, -0.15) is 0 Å². The molecule has 0 spiro atoms. The standard InChI is InChI=1S/C15H15BrF2N2O3/c1-14(9-2-4-10(16)5-3-9)12(21)20(13(22)19-14)6-7-23-11-8-15(11,17)18/h2-5,11H,6-8H2,1H3,(H,19,22). The second-order valence-electron chi connectivity index (χ2n) is 5.84. The summed E-state index contributed by atoms with van der Waals surface area (Å²) in [6.45, 7) is 1.46. The summed E-state index contributed by atoms with van der Waals surface area (Å²) in [5.41, 5.74) is -0.516. The third-order valence-electron chi connectivity index (χ3n) is 4.10. The number of nitrogens with one attached hydrogen (secondary N) is 1. The summed E-state index contributed by atoms with van der Waals surface area (Å²) in [5, 5.41) is 2.65. The molecule has 5 nitrogen and oxygen atoms in total. The largest absolute Gasteiger partial charge is 0.370 e. The number of carbonyl (C=O) groups is 2. The minimum absolute atomic E-state index is 0.0522. The van der Waals surface area contributed by atoms with Crippen molar-refractivity contribution in [2.24, 2.45) is 0 Å². The molecule has 2 aliphatic rings. The van der Waals surface area contributed by atoms with Crippen LogP contribution in [0.25, 0.3) is 0 Å². The van der Waals surface area contributed by atoms with Crippen LogP contribution in [-0.2, 0) is 15.1 Å². The number of amides is 3. The lowest BCUT2D eigenvalue weighted by molar-refractivity contribution is -0.131. The molecule has 1 aromatic rings. The lowest BCUT2D eigenvalue weighted by Crippen LogP contribution is -2.41. The van der Waals surface area contributed by atoms with Crippen LogP contribution in [0.3, 0.4) is 0 Å². The molecular formula is C15H15BrF2N2O3. The fourth-order valence-corrected chi connectivity index (χ4v) is 2.80. The molecule has 2 atom stereocenters. The van der Waals surface area contributed by atoms with Crippen LogP contribution >= 0.6 is 15.9 Å². The average molecular weight is 389 g/mol. The van der Waals surface area contributed by atoms with Crippen LogP contribution in [0.5, 0.6) is 0 Å². The highest BCUT2D eigenvalue weighted by atomic mass is 79.9. The third-order valence-corrected chi connectivity index (χ3v) is 4.63. The van der Waals surface area contributed by atoms with Crippen LogP contribution < -0.4 is 5.32 Å². The van der Waals surface area contributed by atoms with Gasteiger partial charge in [-0.3, -0.25) is 9.69 Å². The van der Waals surface area contributed by atoms with Crippen LogP contribution in [0.1, 0.15) is 18.9 Å². The molecular weight excluding hydrogens is 374 g/mol. The molecule has 1 saturated heterocycles. The first-order valence-corrected chi connectivity index (χ1v) is 7.93. The van der Waals surface area contributed by atoms with Crippen LogP contribution in [0, 0.1) is 0 Å². The Morgan fingerprint density at radius 2 is 1.96 bits per heavy atom. The van der Waals surface area contributed by atoms with Gasteiger partial charge >= 0.3 is 6.03 Å². The second-order valence-corrected chi connectivity index (χ2v) is 6.76. The zero-order chi connectivity index (χ0) is 16.8. The van der Waals surface area contributed by atoms with E-state index in [1.165, 1.54) is 0 Å². The van der Waals surface area contributed by atoms with Crippen molar-refractivity contribution in [2.45, 2.75) is 30.9 Å². The lowest BCUT2D eigenvalue weighted by atomic mass is 9.92. The van der Waals surface area contributed by atoms with Gasteiger partial charge < -0.3 is 10.1 Å². The number of urea groups is 1. The van der Waals surface area contributed by atoms with Crippen molar-refractivity contribution in [3.8, 4) is 0 Å². The summed E-state index contributed by atoms with van der Waals surface area (Å²) in [5.74, 6) is -3.19. The van der Waals surface area contributed by atoms with Gasteiger partial charge in [-0.05, 0) is 24.6 Å². The molecule has 8 heteroatoms. The molecule has 1 saturated carbocycles. The Labute approximate surface area is 140 Å². The Kier molecular flexibility index (Phi) is 3.92. The first-order chi connectivity index (χ1) is 10.7. The highest BCUT2D eigenvalue weighted by molar-refractivity contribution is 9.10. The van der Waals surface area contributed by atoms with Crippen LogP contribution in [-0.4, -0.2) is 42.0 Å². The van der Waals surface area contributed by atoms with Gasteiger partial charge in [0, 0.05) is 10.9 Å². The van der Waals surface area contributed by atoms with Crippen molar-refractivity contribution in [1.29, 1.82) is 0 Å². The summed E-state index contributed by atoms with van der Waals surface area (Å²) in [7, 11) is 0. The van der Waals surface area contributed by atoms with Gasteiger partial charge in [-0.25, -0.2) is 13.6 Å². The number of hydrogen-bond donors (Lipinski definition) is 1. The van der Waals surface area contributed by atoms with E-state index in [2.05, 4.69) is 21.2 Å². The van der Waals surface area contributed by atoms with Crippen molar-refractivity contribution >= 4 is 27.9 Å². The number of carbonyl (C=O) groups excluding carboxylic acids is 2. The highest BCUT2D eigenvalue weighted by Crippen LogP contribution is 2.44. The summed E-state index contributed by atoms with van der Waals surface area (Å²) in [6.07, 6.45) is -1.40. The van der Waals surface area contributed by atoms with E-state index < -0.39 is 29.5 Å². The molecule has 1 heterocycles. The van der Waals surface area contributed by atoms with Crippen molar-refractivity contribution in [3.05, 3.63) is 34.3 Å². The quantitative estimate of drug-likeness (QED) is 0.788. The zero-order valence-corrected chi connectivity index (χ0v) is 13.9. The Hall–Kier alpha value is -1.54. The number of alkyl halides is 2. The number of benzene rings is 1. The van der Waals surface area contributed by atoms with E-state index in [-0.39, 0.29) is 19.6 Å². The maximum atomic E-state index is 12.7. The fraction of sp³-hybridized carbons (Fsp3) is 0.467. The van der Waals surface area contributed by atoms with Crippen LogP contribution in [0.2, 0.25) is 0 Å². The number of halogens is 3. The Balaban J connectivity index is 1.66. The van der Waals surface area contributed by atoms with Crippen molar-refractivity contribution in [2.75, 3.05) is 13.2 Å². The summed E-state index contributed by atoms with van der Waals surface area (Å²) in [6, 6.07) is 6.49. The van der Waals surface area contributed by atoms with Gasteiger partial charge in [0.2, 0.25) is 0 Å². The molecule has 0 bridgehead atoms. The second kappa shape index (κ2) is 5.52. The van der Waals surface area contributed by atoms with E-state index in [1.54, 1.807) is 31.2 Å². The number of hydrogen-bond acceptors (Lipinski definition) is 3. The lowest BCUT2D eigenvalue weighted by Gasteiger charge is -2.22. The fourth-order valence-electron chi connectivity index (χ4n) is 2.53. The minimum atomic E-state index is -2.77. The highest BCUT2D eigenvalue weighted by Gasteiger charge is 2.58. The maximum Gasteiger partial charge on any atom is 0.325 e. The summed E-state index contributed by atoms with van der Waals surface area (Å²) in [4.78, 5) is 25.6. The molecule has 2 fully saturated rings. The Morgan fingerprint density at radius 1 is 1.35 bits per heavy atom. The van der Waals surface area contributed by atoms with E-state index >= 15 is 0 Å². The Bertz CT molecular complexity index is 653. The first-order valence-electron chi connectivity index (χ1n) is 7.13. The number of nitrogens with zero attached hydrogens (tertiary/aromatic N) is 1. The number of imide groups is 1. The van der Waals surface area contributed by atoms with E-state index in [0.29, 0.717) is 5.56 Å². The smallest absolute Gasteiger partial charge is 0.325 e. The van der Waals surface area contributed by atoms with E-state index in [1.807, 2.05) is 0 Å². The maximum absolute atomic E-state index is 12.7. The number of ether oxygens (including phenoxy) is 1. The zero-order valence-electron chi connectivity index (χ0n) is 12.3. The van der Waals surface area contributed by atoms with Crippen molar-refractivity contribution < 1.29 is 23.1 Å². The normalized spacial score (nSPS) is 28.9. The molecule has 0 radical (unpaired) electrons. The molecule has 0 aromatic heterocycles. The monoisotopic (exact) mass is 388 g/mol. The van der Waals surface area contributed by atoms with Gasteiger partial charge in [0.05, 0.1) is 13.2 Å². The molecule has 1 aliphatic carbocycles. The topological polar surface area (TPSA) is 58.6 Å². The van der Waals surface area contributed by atoms with E-state index in [0.717, 1.165) is 9.37 Å². The van der Waals surface area contributed by atoms with Crippen LogP contribution in [0.15, 0.2) is 28.7 Å². The first kappa shape index (κ1) is 16.3. The van der Waals surface area contributed by atoms with E-state index in [9.17, 15) is 18.4 Å². The van der Waals surface area contributed by atoms with Gasteiger partial charge in [0.1, 0.15) is 11.6 Å². The molecule has 3 rings (SSSR count). The predicted molar refractivity (Wildman–Crippen MR) is 81.0 cm³/mol.